The first-order valence-corrected chi connectivity index (χ1v) is 9.83. The number of nitrogens with zero attached hydrogens (tertiary/aromatic N) is 1. The van der Waals surface area contributed by atoms with E-state index < -0.39 is 0 Å². The standard InChI is InChI=1S/C18H24ClN3OS/c1-12(13-3-2-7-20-11-13)9-17(23)21-8-6-18-22-15-10-14(19)4-5-16(15)24-18/h4-5,10,12-13,20H,2-3,6-9,11H2,1H3,(H,21,23). The number of aromatic nitrogens is 1. The third kappa shape index (κ3) is 4.68. The van der Waals surface area contributed by atoms with E-state index in [-0.39, 0.29) is 5.91 Å². The summed E-state index contributed by atoms with van der Waals surface area (Å²) in [5.41, 5.74) is 0.937. The number of hydrogen-bond acceptors (Lipinski definition) is 4. The van der Waals surface area contributed by atoms with E-state index in [0.717, 1.165) is 34.7 Å². The van der Waals surface area contributed by atoms with E-state index in [4.69, 9.17) is 11.6 Å². The third-order valence-corrected chi connectivity index (χ3v) is 6.03. The average Bonchev–Trinajstić information content (AvgIpc) is 2.97. The monoisotopic (exact) mass is 365 g/mol. The van der Waals surface area contributed by atoms with Crippen LogP contribution in [-0.2, 0) is 11.2 Å². The fraction of sp³-hybridized carbons (Fsp3) is 0.556. The van der Waals surface area contributed by atoms with Crippen molar-refractivity contribution in [2.45, 2.75) is 32.6 Å². The van der Waals surface area contributed by atoms with Crippen LogP contribution in [0.2, 0.25) is 5.02 Å². The van der Waals surface area contributed by atoms with Crippen LogP contribution in [0.25, 0.3) is 10.2 Å². The molecule has 6 heteroatoms. The van der Waals surface area contributed by atoms with Crippen molar-refractivity contribution in [2.75, 3.05) is 19.6 Å². The first-order chi connectivity index (χ1) is 11.6. The summed E-state index contributed by atoms with van der Waals surface area (Å²) in [5.74, 6) is 1.21. The van der Waals surface area contributed by atoms with Crippen LogP contribution in [0.3, 0.4) is 0 Å². The minimum absolute atomic E-state index is 0.150. The smallest absolute Gasteiger partial charge is 0.220 e. The number of carbonyl (C=O) groups is 1. The van der Waals surface area contributed by atoms with Crippen LogP contribution >= 0.6 is 22.9 Å². The van der Waals surface area contributed by atoms with Gasteiger partial charge in [0.2, 0.25) is 5.91 Å². The van der Waals surface area contributed by atoms with Gasteiger partial charge in [0.25, 0.3) is 0 Å². The molecular formula is C18H24ClN3OS. The van der Waals surface area contributed by atoms with Crippen molar-refractivity contribution in [2.24, 2.45) is 11.8 Å². The van der Waals surface area contributed by atoms with Gasteiger partial charge in [0.1, 0.15) is 0 Å². The summed E-state index contributed by atoms with van der Waals surface area (Å²) in [7, 11) is 0. The molecule has 1 aromatic carbocycles. The lowest BCUT2D eigenvalue weighted by Crippen LogP contribution is -2.36. The third-order valence-electron chi connectivity index (χ3n) is 4.70. The van der Waals surface area contributed by atoms with E-state index in [1.165, 1.54) is 12.8 Å². The molecule has 2 heterocycles. The highest BCUT2D eigenvalue weighted by molar-refractivity contribution is 7.18. The van der Waals surface area contributed by atoms with Crippen molar-refractivity contribution in [1.29, 1.82) is 0 Å². The second-order valence-corrected chi connectivity index (χ2v) is 8.16. The number of halogens is 1. The highest BCUT2D eigenvalue weighted by atomic mass is 35.5. The van der Waals surface area contributed by atoms with Gasteiger partial charge in [-0.3, -0.25) is 4.79 Å². The first kappa shape index (κ1) is 17.6. The lowest BCUT2D eigenvalue weighted by molar-refractivity contribution is -0.122. The molecule has 24 heavy (non-hydrogen) atoms. The number of thiazole rings is 1. The first-order valence-electron chi connectivity index (χ1n) is 8.64. The highest BCUT2D eigenvalue weighted by Crippen LogP contribution is 2.25. The Hall–Kier alpha value is -1.17. The van der Waals surface area contributed by atoms with Crippen LogP contribution in [0.4, 0.5) is 0 Å². The van der Waals surface area contributed by atoms with E-state index in [0.29, 0.717) is 29.8 Å². The van der Waals surface area contributed by atoms with Crippen LogP contribution in [0, 0.1) is 11.8 Å². The van der Waals surface area contributed by atoms with Gasteiger partial charge in [0.05, 0.1) is 15.2 Å². The minimum Gasteiger partial charge on any atom is -0.356 e. The molecule has 0 bridgehead atoms. The van der Waals surface area contributed by atoms with E-state index in [1.807, 2.05) is 18.2 Å². The Labute approximate surface area is 152 Å². The summed E-state index contributed by atoms with van der Waals surface area (Å²) < 4.78 is 1.14. The molecular weight excluding hydrogens is 342 g/mol. The van der Waals surface area contributed by atoms with Gasteiger partial charge in [-0.1, -0.05) is 18.5 Å². The Morgan fingerprint density at radius 3 is 3.21 bits per heavy atom. The van der Waals surface area contributed by atoms with Crippen molar-refractivity contribution in [3.63, 3.8) is 0 Å². The molecule has 1 saturated heterocycles. The maximum Gasteiger partial charge on any atom is 0.220 e. The quantitative estimate of drug-likeness (QED) is 0.821. The van der Waals surface area contributed by atoms with Crippen molar-refractivity contribution >= 4 is 39.1 Å². The Morgan fingerprint density at radius 1 is 1.54 bits per heavy atom. The second kappa shape index (κ2) is 8.28. The number of benzene rings is 1. The van der Waals surface area contributed by atoms with Crippen molar-refractivity contribution in [3.05, 3.63) is 28.2 Å². The number of fused-ring (bicyclic) bond motifs is 1. The number of hydrogen-bond donors (Lipinski definition) is 2. The Kier molecular flexibility index (Phi) is 6.09. The molecule has 3 rings (SSSR count). The SMILES string of the molecule is CC(CC(=O)NCCc1nc2cc(Cl)ccc2s1)C1CCCNC1. The molecule has 0 radical (unpaired) electrons. The molecule has 2 aromatic rings. The zero-order chi connectivity index (χ0) is 16.9. The Balaban J connectivity index is 1.43. The fourth-order valence-corrected chi connectivity index (χ4v) is 4.37. The zero-order valence-electron chi connectivity index (χ0n) is 14.0. The highest BCUT2D eigenvalue weighted by Gasteiger charge is 2.21. The molecule has 1 aromatic heterocycles. The lowest BCUT2D eigenvalue weighted by Gasteiger charge is -2.28. The van der Waals surface area contributed by atoms with Gasteiger partial charge < -0.3 is 10.6 Å². The number of piperidine rings is 1. The predicted molar refractivity (Wildman–Crippen MR) is 101 cm³/mol. The summed E-state index contributed by atoms with van der Waals surface area (Å²) in [6.45, 7) is 4.99. The van der Waals surface area contributed by atoms with Crippen LogP contribution in [0.15, 0.2) is 18.2 Å². The van der Waals surface area contributed by atoms with E-state index in [1.54, 1.807) is 11.3 Å². The van der Waals surface area contributed by atoms with Gasteiger partial charge in [0, 0.05) is 24.4 Å². The van der Waals surface area contributed by atoms with Gasteiger partial charge in [-0.2, -0.15) is 0 Å². The maximum absolute atomic E-state index is 12.1. The zero-order valence-corrected chi connectivity index (χ0v) is 15.6. The van der Waals surface area contributed by atoms with E-state index in [9.17, 15) is 4.79 Å². The Bertz CT molecular complexity index is 697. The van der Waals surface area contributed by atoms with Gasteiger partial charge in [0.15, 0.2) is 0 Å². The van der Waals surface area contributed by atoms with Gasteiger partial charge in [-0.25, -0.2) is 4.98 Å². The van der Waals surface area contributed by atoms with Crippen LogP contribution < -0.4 is 10.6 Å². The molecule has 2 unspecified atom stereocenters. The number of carbonyl (C=O) groups excluding carboxylic acids is 1. The van der Waals surface area contributed by atoms with Gasteiger partial charge in [-0.05, 0) is 56.0 Å². The summed E-state index contributed by atoms with van der Waals surface area (Å²) in [6.07, 6.45) is 3.83. The number of nitrogens with one attached hydrogen (secondary N) is 2. The van der Waals surface area contributed by atoms with E-state index >= 15 is 0 Å². The second-order valence-electron chi connectivity index (χ2n) is 6.61. The lowest BCUT2D eigenvalue weighted by atomic mass is 9.85. The molecule has 0 saturated carbocycles. The molecule has 1 amide bonds. The molecule has 1 aliphatic rings. The average molecular weight is 366 g/mol. The minimum atomic E-state index is 0.150. The molecule has 1 aliphatic heterocycles. The molecule has 2 N–H and O–H groups in total. The normalized spacial score (nSPS) is 19.3. The fourth-order valence-electron chi connectivity index (χ4n) is 3.26. The summed E-state index contributed by atoms with van der Waals surface area (Å²) in [6, 6.07) is 5.77. The van der Waals surface area contributed by atoms with Gasteiger partial charge >= 0.3 is 0 Å². The van der Waals surface area contributed by atoms with Crippen molar-refractivity contribution < 1.29 is 4.79 Å². The topological polar surface area (TPSA) is 54.0 Å². The maximum atomic E-state index is 12.1. The summed E-state index contributed by atoms with van der Waals surface area (Å²) in [5, 5.41) is 8.21. The van der Waals surface area contributed by atoms with Crippen LogP contribution in [-0.4, -0.2) is 30.5 Å². The van der Waals surface area contributed by atoms with Crippen LogP contribution in [0.5, 0.6) is 0 Å². The molecule has 0 spiro atoms. The number of rotatable bonds is 6. The molecule has 130 valence electrons. The summed E-state index contributed by atoms with van der Waals surface area (Å²) in [4.78, 5) is 16.7. The molecule has 1 fully saturated rings. The molecule has 0 aliphatic carbocycles. The van der Waals surface area contributed by atoms with Gasteiger partial charge in [-0.15, -0.1) is 11.3 Å². The van der Waals surface area contributed by atoms with Crippen molar-refractivity contribution in [3.8, 4) is 0 Å². The largest absolute Gasteiger partial charge is 0.356 e. The van der Waals surface area contributed by atoms with Crippen molar-refractivity contribution in [1.82, 2.24) is 15.6 Å². The number of amides is 1. The predicted octanol–water partition coefficient (Wildman–Crippen LogP) is 3.63. The van der Waals surface area contributed by atoms with E-state index in [2.05, 4.69) is 22.5 Å². The van der Waals surface area contributed by atoms with Crippen LogP contribution in [0.1, 0.15) is 31.2 Å². The Morgan fingerprint density at radius 2 is 2.42 bits per heavy atom. The molecule has 2 atom stereocenters. The summed E-state index contributed by atoms with van der Waals surface area (Å²) >= 11 is 7.65. The molecule has 4 nitrogen and oxygen atoms in total.